The number of hydrogen-bond acceptors (Lipinski definition) is 2. The largest absolute Gasteiger partial charge is 0.455 e. The number of hydrogen-bond donors (Lipinski definition) is 1. The van der Waals surface area contributed by atoms with E-state index in [0.29, 0.717) is 5.75 Å². The molecule has 1 aromatic carbocycles. The lowest BCUT2D eigenvalue weighted by Crippen LogP contribution is -2.04. The van der Waals surface area contributed by atoms with Crippen molar-refractivity contribution < 1.29 is 4.74 Å². The SMILES string of the molecule is O=c1cc(I)c(Oc2ccccc2)c[nH]1. The maximum atomic E-state index is 11.0. The Labute approximate surface area is 100 Å². The number of aromatic amines is 1. The van der Waals surface area contributed by atoms with Gasteiger partial charge in [0.05, 0.1) is 3.57 Å². The normalized spacial score (nSPS) is 9.93. The van der Waals surface area contributed by atoms with Gasteiger partial charge in [0.1, 0.15) is 5.75 Å². The Morgan fingerprint density at radius 3 is 2.60 bits per heavy atom. The molecule has 4 heteroatoms. The smallest absolute Gasteiger partial charge is 0.249 e. The first-order valence-corrected chi connectivity index (χ1v) is 5.45. The number of halogens is 1. The Bertz CT molecular complexity index is 507. The summed E-state index contributed by atoms with van der Waals surface area (Å²) in [5.41, 5.74) is -0.125. The predicted octanol–water partition coefficient (Wildman–Crippen LogP) is 2.77. The first kappa shape index (κ1) is 10.2. The number of pyridine rings is 1. The summed E-state index contributed by atoms with van der Waals surface area (Å²) in [7, 11) is 0. The number of ether oxygens (including phenoxy) is 1. The lowest BCUT2D eigenvalue weighted by molar-refractivity contribution is 0.476. The molecule has 0 amide bonds. The van der Waals surface area contributed by atoms with Crippen LogP contribution in [0.1, 0.15) is 0 Å². The Balaban J connectivity index is 2.29. The van der Waals surface area contributed by atoms with Gasteiger partial charge in [-0.25, -0.2) is 0 Å². The van der Waals surface area contributed by atoms with Gasteiger partial charge in [0, 0.05) is 12.3 Å². The highest BCUT2D eigenvalue weighted by Crippen LogP contribution is 2.23. The van der Waals surface area contributed by atoms with Crippen molar-refractivity contribution in [3.05, 3.63) is 56.5 Å². The molecule has 2 rings (SSSR count). The maximum Gasteiger partial charge on any atom is 0.249 e. The monoisotopic (exact) mass is 313 g/mol. The second kappa shape index (κ2) is 4.48. The summed E-state index contributed by atoms with van der Waals surface area (Å²) in [6.07, 6.45) is 1.57. The second-order valence-corrected chi connectivity index (χ2v) is 4.09. The minimum atomic E-state index is -0.125. The zero-order chi connectivity index (χ0) is 10.7. The molecule has 0 radical (unpaired) electrons. The van der Waals surface area contributed by atoms with Crippen molar-refractivity contribution in [1.82, 2.24) is 4.98 Å². The van der Waals surface area contributed by atoms with E-state index in [1.807, 2.05) is 30.3 Å². The number of para-hydroxylation sites is 1. The highest BCUT2D eigenvalue weighted by atomic mass is 127. The van der Waals surface area contributed by atoms with Gasteiger partial charge in [-0.15, -0.1) is 0 Å². The van der Waals surface area contributed by atoms with Crippen molar-refractivity contribution in [2.75, 3.05) is 0 Å². The van der Waals surface area contributed by atoms with Crippen LogP contribution in [0.2, 0.25) is 0 Å². The van der Waals surface area contributed by atoms with E-state index in [1.54, 1.807) is 6.20 Å². The summed E-state index contributed by atoms with van der Waals surface area (Å²) >= 11 is 2.07. The lowest BCUT2D eigenvalue weighted by Gasteiger charge is -2.06. The van der Waals surface area contributed by atoms with Gasteiger partial charge in [-0.3, -0.25) is 4.79 Å². The molecule has 0 unspecified atom stereocenters. The maximum absolute atomic E-state index is 11.0. The molecule has 0 saturated carbocycles. The average molecular weight is 313 g/mol. The molecule has 0 fully saturated rings. The molecule has 1 N–H and O–H groups in total. The molecule has 0 aliphatic carbocycles. The standard InChI is InChI=1S/C11H8INO2/c12-9-6-11(14)13-7-10(9)15-8-4-2-1-3-5-8/h1-7H,(H,13,14). The van der Waals surface area contributed by atoms with E-state index in [9.17, 15) is 4.79 Å². The van der Waals surface area contributed by atoms with Gasteiger partial charge >= 0.3 is 0 Å². The molecule has 1 aromatic heterocycles. The fraction of sp³-hybridized carbons (Fsp3) is 0. The van der Waals surface area contributed by atoms with E-state index in [-0.39, 0.29) is 5.56 Å². The van der Waals surface area contributed by atoms with Crippen molar-refractivity contribution in [1.29, 1.82) is 0 Å². The molecule has 0 aliphatic heterocycles. The fourth-order valence-electron chi connectivity index (χ4n) is 1.13. The van der Waals surface area contributed by atoms with Crippen LogP contribution < -0.4 is 10.3 Å². The molecule has 0 saturated heterocycles. The van der Waals surface area contributed by atoms with Gasteiger partial charge in [0.25, 0.3) is 0 Å². The van der Waals surface area contributed by atoms with Crippen LogP contribution >= 0.6 is 22.6 Å². The quantitative estimate of drug-likeness (QED) is 0.866. The molecule has 76 valence electrons. The average Bonchev–Trinajstić information content (AvgIpc) is 2.24. The number of benzene rings is 1. The van der Waals surface area contributed by atoms with E-state index in [0.717, 1.165) is 9.32 Å². The van der Waals surface area contributed by atoms with Gasteiger partial charge in [0.15, 0.2) is 5.75 Å². The Hall–Kier alpha value is -1.30. The molecule has 1 heterocycles. The first-order chi connectivity index (χ1) is 7.25. The van der Waals surface area contributed by atoms with E-state index in [1.165, 1.54) is 6.07 Å². The minimum Gasteiger partial charge on any atom is -0.455 e. The number of aromatic nitrogens is 1. The third-order valence-electron chi connectivity index (χ3n) is 1.81. The van der Waals surface area contributed by atoms with Crippen LogP contribution in [0.25, 0.3) is 0 Å². The lowest BCUT2D eigenvalue weighted by atomic mass is 10.3. The van der Waals surface area contributed by atoms with Crippen molar-refractivity contribution in [2.24, 2.45) is 0 Å². The highest BCUT2D eigenvalue weighted by molar-refractivity contribution is 14.1. The minimum absolute atomic E-state index is 0.125. The molecular weight excluding hydrogens is 305 g/mol. The zero-order valence-electron chi connectivity index (χ0n) is 7.74. The molecular formula is C11H8INO2. The Morgan fingerprint density at radius 1 is 1.20 bits per heavy atom. The van der Waals surface area contributed by atoms with Crippen LogP contribution in [0.5, 0.6) is 11.5 Å². The van der Waals surface area contributed by atoms with E-state index in [4.69, 9.17) is 4.74 Å². The van der Waals surface area contributed by atoms with E-state index >= 15 is 0 Å². The zero-order valence-corrected chi connectivity index (χ0v) is 9.89. The van der Waals surface area contributed by atoms with Crippen LogP contribution in [0.4, 0.5) is 0 Å². The summed E-state index contributed by atoms with van der Waals surface area (Å²) in [6, 6.07) is 10.9. The highest BCUT2D eigenvalue weighted by Gasteiger charge is 2.02. The van der Waals surface area contributed by atoms with Crippen LogP contribution in [0.15, 0.2) is 47.4 Å². The van der Waals surface area contributed by atoms with E-state index in [2.05, 4.69) is 27.6 Å². The van der Waals surface area contributed by atoms with E-state index < -0.39 is 0 Å². The third kappa shape index (κ3) is 2.59. The van der Waals surface area contributed by atoms with Crippen molar-refractivity contribution in [3.8, 4) is 11.5 Å². The molecule has 0 aliphatic rings. The summed E-state index contributed by atoms with van der Waals surface area (Å²) in [6.45, 7) is 0. The third-order valence-corrected chi connectivity index (χ3v) is 2.65. The fourth-order valence-corrected chi connectivity index (χ4v) is 1.68. The molecule has 0 bridgehead atoms. The van der Waals surface area contributed by atoms with Crippen molar-refractivity contribution in [3.63, 3.8) is 0 Å². The van der Waals surface area contributed by atoms with Gasteiger partial charge in [-0.1, -0.05) is 18.2 Å². The Morgan fingerprint density at radius 2 is 1.93 bits per heavy atom. The molecule has 15 heavy (non-hydrogen) atoms. The molecule has 0 spiro atoms. The van der Waals surface area contributed by atoms with Crippen molar-refractivity contribution >= 4 is 22.6 Å². The van der Waals surface area contributed by atoms with Gasteiger partial charge < -0.3 is 9.72 Å². The second-order valence-electron chi connectivity index (χ2n) is 2.92. The van der Waals surface area contributed by atoms with Gasteiger partial charge in [-0.2, -0.15) is 0 Å². The van der Waals surface area contributed by atoms with Crippen LogP contribution in [-0.4, -0.2) is 4.98 Å². The summed E-state index contributed by atoms with van der Waals surface area (Å²) in [5.74, 6) is 1.41. The van der Waals surface area contributed by atoms with Gasteiger partial charge in [0.2, 0.25) is 5.56 Å². The predicted molar refractivity (Wildman–Crippen MR) is 66.3 cm³/mol. The molecule has 3 nitrogen and oxygen atoms in total. The summed E-state index contributed by atoms with van der Waals surface area (Å²) < 4.78 is 6.38. The van der Waals surface area contributed by atoms with Crippen molar-refractivity contribution in [2.45, 2.75) is 0 Å². The van der Waals surface area contributed by atoms with Crippen LogP contribution in [0, 0.1) is 3.57 Å². The molecule has 0 atom stereocenters. The van der Waals surface area contributed by atoms with Crippen LogP contribution in [-0.2, 0) is 0 Å². The summed E-state index contributed by atoms with van der Waals surface area (Å²) in [5, 5.41) is 0. The number of rotatable bonds is 2. The number of nitrogens with one attached hydrogen (secondary N) is 1. The van der Waals surface area contributed by atoms with Crippen LogP contribution in [0.3, 0.4) is 0 Å². The summed E-state index contributed by atoms with van der Waals surface area (Å²) in [4.78, 5) is 13.6. The Kier molecular flexibility index (Phi) is 3.05. The van der Waals surface area contributed by atoms with Gasteiger partial charge in [-0.05, 0) is 34.7 Å². The molecule has 2 aromatic rings. The first-order valence-electron chi connectivity index (χ1n) is 4.37. The number of H-pyrrole nitrogens is 1. The topological polar surface area (TPSA) is 42.1 Å².